The van der Waals surface area contributed by atoms with Gasteiger partial charge in [0.25, 0.3) is 5.91 Å². The summed E-state index contributed by atoms with van der Waals surface area (Å²) in [6.07, 6.45) is 7.44. The highest BCUT2D eigenvalue weighted by atomic mass is 16.5. The fraction of sp³-hybridized carbons (Fsp3) is 0.444. The summed E-state index contributed by atoms with van der Waals surface area (Å²) in [6, 6.07) is 3.21. The highest BCUT2D eigenvalue weighted by Gasteiger charge is 2.40. The number of carbonyl (C=O) groups is 2. The van der Waals surface area contributed by atoms with E-state index in [1.54, 1.807) is 24.3 Å². The van der Waals surface area contributed by atoms with Crippen LogP contribution in [0.5, 0.6) is 0 Å². The topological polar surface area (TPSA) is 88.3 Å². The number of pyridine rings is 1. The predicted octanol–water partition coefficient (Wildman–Crippen LogP) is 1.65. The molecule has 2 aromatic heterocycles. The Morgan fingerprint density at radius 2 is 2.20 bits per heavy atom. The minimum Gasteiger partial charge on any atom is -0.360 e. The molecule has 2 aliphatic rings. The van der Waals surface area contributed by atoms with Gasteiger partial charge in [0.05, 0.1) is 12.1 Å². The van der Waals surface area contributed by atoms with Gasteiger partial charge in [0, 0.05) is 37.8 Å². The Bertz CT molecular complexity index is 802. The summed E-state index contributed by atoms with van der Waals surface area (Å²) in [5, 5.41) is 6.97. The average molecular weight is 340 g/mol. The lowest BCUT2D eigenvalue weighted by atomic mass is 9.96. The number of hydrogen-bond donors (Lipinski definition) is 1. The van der Waals surface area contributed by atoms with Gasteiger partial charge in [0.2, 0.25) is 5.91 Å². The molecular formula is C18H20N4O3. The van der Waals surface area contributed by atoms with E-state index in [-0.39, 0.29) is 30.3 Å². The maximum Gasteiger partial charge on any atom is 0.274 e. The number of rotatable bonds is 3. The van der Waals surface area contributed by atoms with Gasteiger partial charge in [-0.1, -0.05) is 11.2 Å². The second-order valence-electron chi connectivity index (χ2n) is 6.66. The van der Waals surface area contributed by atoms with Crippen molar-refractivity contribution in [3.63, 3.8) is 0 Å². The van der Waals surface area contributed by atoms with Crippen LogP contribution >= 0.6 is 0 Å². The first-order chi connectivity index (χ1) is 12.1. The van der Waals surface area contributed by atoms with E-state index >= 15 is 0 Å². The zero-order valence-electron chi connectivity index (χ0n) is 14.1. The number of likely N-dealkylation sites (N-methyl/N-ethyl adjacent to an activating group) is 1. The smallest absolute Gasteiger partial charge is 0.274 e. The van der Waals surface area contributed by atoms with Crippen molar-refractivity contribution in [2.45, 2.75) is 44.2 Å². The van der Waals surface area contributed by atoms with Crippen molar-refractivity contribution in [2.24, 2.45) is 0 Å². The molecule has 0 bridgehead atoms. The predicted molar refractivity (Wildman–Crippen MR) is 88.8 cm³/mol. The fourth-order valence-electron chi connectivity index (χ4n) is 3.81. The number of amides is 2. The maximum absolute atomic E-state index is 12.7. The van der Waals surface area contributed by atoms with Crippen molar-refractivity contribution in [3.05, 3.63) is 47.1 Å². The average Bonchev–Trinajstić information content (AvgIpc) is 3.17. The zero-order valence-corrected chi connectivity index (χ0v) is 14.1. The van der Waals surface area contributed by atoms with E-state index in [0.717, 1.165) is 42.6 Å². The van der Waals surface area contributed by atoms with Crippen LogP contribution in [0.3, 0.4) is 0 Å². The molecule has 1 aliphatic heterocycles. The SMILES string of the molecule is CN1C(=O)C[C@@H](NC(=O)c2noc3c2CCCC3)[C@@H]1c1cccnc1. The van der Waals surface area contributed by atoms with E-state index in [9.17, 15) is 9.59 Å². The molecule has 0 saturated carbocycles. The molecule has 4 rings (SSSR count). The Morgan fingerprint density at radius 3 is 3.00 bits per heavy atom. The Labute approximate surface area is 145 Å². The number of likely N-dealkylation sites (tertiary alicyclic amines) is 1. The fourth-order valence-corrected chi connectivity index (χ4v) is 3.81. The molecule has 1 fully saturated rings. The Hall–Kier alpha value is -2.70. The summed E-state index contributed by atoms with van der Waals surface area (Å²) in [5.74, 6) is 0.551. The van der Waals surface area contributed by atoms with E-state index in [4.69, 9.17) is 4.52 Å². The number of nitrogens with zero attached hydrogens (tertiary/aromatic N) is 3. The van der Waals surface area contributed by atoms with Gasteiger partial charge in [-0.2, -0.15) is 0 Å². The Balaban J connectivity index is 1.57. The van der Waals surface area contributed by atoms with Crippen LogP contribution in [0.4, 0.5) is 0 Å². The molecule has 2 aromatic rings. The molecule has 0 radical (unpaired) electrons. The molecular weight excluding hydrogens is 320 g/mol. The van der Waals surface area contributed by atoms with Gasteiger partial charge in [-0.3, -0.25) is 14.6 Å². The van der Waals surface area contributed by atoms with Gasteiger partial charge >= 0.3 is 0 Å². The van der Waals surface area contributed by atoms with Crippen LogP contribution in [-0.4, -0.2) is 39.9 Å². The van der Waals surface area contributed by atoms with Crippen LogP contribution in [-0.2, 0) is 17.6 Å². The number of nitrogens with one attached hydrogen (secondary N) is 1. The summed E-state index contributed by atoms with van der Waals surface area (Å²) in [6.45, 7) is 0. The third-order valence-corrected chi connectivity index (χ3v) is 5.09. The standard InChI is InChI=1S/C18H20N4O3/c1-22-15(23)9-13(17(22)11-5-4-8-19-10-11)20-18(24)16-12-6-2-3-7-14(12)25-21-16/h4-5,8,10,13,17H,2-3,6-7,9H2,1H3,(H,20,24)/t13-,17+/m1/s1. The first kappa shape index (κ1) is 15.8. The van der Waals surface area contributed by atoms with Crippen LogP contribution in [0.25, 0.3) is 0 Å². The summed E-state index contributed by atoms with van der Waals surface area (Å²) < 4.78 is 5.33. The third kappa shape index (κ3) is 2.79. The van der Waals surface area contributed by atoms with Crippen molar-refractivity contribution in [1.29, 1.82) is 0 Å². The number of fused-ring (bicyclic) bond motifs is 1. The second kappa shape index (κ2) is 6.31. The Kier molecular flexibility index (Phi) is 3.99. The van der Waals surface area contributed by atoms with Gasteiger partial charge < -0.3 is 14.7 Å². The van der Waals surface area contributed by atoms with Crippen molar-refractivity contribution < 1.29 is 14.1 Å². The quantitative estimate of drug-likeness (QED) is 0.918. The first-order valence-corrected chi connectivity index (χ1v) is 8.59. The lowest BCUT2D eigenvalue weighted by Crippen LogP contribution is -2.39. The summed E-state index contributed by atoms with van der Waals surface area (Å²) in [5.41, 5.74) is 2.18. The van der Waals surface area contributed by atoms with Gasteiger partial charge in [-0.25, -0.2) is 0 Å². The Morgan fingerprint density at radius 1 is 1.36 bits per heavy atom. The van der Waals surface area contributed by atoms with Crippen LogP contribution in [0.1, 0.15) is 52.7 Å². The summed E-state index contributed by atoms with van der Waals surface area (Å²) >= 11 is 0. The van der Waals surface area contributed by atoms with Crippen LogP contribution in [0.2, 0.25) is 0 Å². The van der Waals surface area contributed by atoms with E-state index in [2.05, 4.69) is 15.5 Å². The number of aryl methyl sites for hydroxylation is 1. The molecule has 1 N–H and O–H groups in total. The van der Waals surface area contributed by atoms with E-state index in [0.29, 0.717) is 5.69 Å². The zero-order chi connectivity index (χ0) is 17.4. The van der Waals surface area contributed by atoms with E-state index < -0.39 is 0 Å². The number of hydrogen-bond acceptors (Lipinski definition) is 5. The highest BCUT2D eigenvalue weighted by molar-refractivity contribution is 5.95. The van der Waals surface area contributed by atoms with Crippen molar-refractivity contribution in [1.82, 2.24) is 20.4 Å². The van der Waals surface area contributed by atoms with Gasteiger partial charge in [-0.15, -0.1) is 0 Å². The number of aromatic nitrogens is 2. The van der Waals surface area contributed by atoms with Crippen LogP contribution in [0.15, 0.2) is 29.0 Å². The number of carbonyl (C=O) groups excluding carboxylic acids is 2. The molecule has 1 saturated heterocycles. The van der Waals surface area contributed by atoms with E-state index in [1.807, 2.05) is 12.1 Å². The van der Waals surface area contributed by atoms with Gasteiger partial charge in [0.1, 0.15) is 5.76 Å². The van der Waals surface area contributed by atoms with Crippen molar-refractivity contribution in [2.75, 3.05) is 7.05 Å². The van der Waals surface area contributed by atoms with Crippen molar-refractivity contribution in [3.8, 4) is 0 Å². The minimum absolute atomic E-state index is 0.00124. The molecule has 2 atom stereocenters. The highest BCUT2D eigenvalue weighted by Crippen LogP contribution is 2.32. The van der Waals surface area contributed by atoms with Crippen molar-refractivity contribution >= 4 is 11.8 Å². The molecule has 3 heterocycles. The molecule has 7 heteroatoms. The maximum atomic E-state index is 12.7. The van der Waals surface area contributed by atoms with Crippen LogP contribution < -0.4 is 5.32 Å². The normalized spacial score (nSPS) is 22.8. The largest absolute Gasteiger partial charge is 0.360 e. The monoisotopic (exact) mass is 340 g/mol. The molecule has 0 aromatic carbocycles. The second-order valence-corrected chi connectivity index (χ2v) is 6.66. The van der Waals surface area contributed by atoms with Gasteiger partial charge in [-0.05, 0) is 30.9 Å². The third-order valence-electron chi connectivity index (χ3n) is 5.09. The summed E-state index contributed by atoms with van der Waals surface area (Å²) in [7, 11) is 1.75. The van der Waals surface area contributed by atoms with Crippen LogP contribution in [0, 0.1) is 0 Å². The molecule has 130 valence electrons. The summed E-state index contributed by atoms with van der Waals surface area (Å²) in [4.78, 5) is 30.7. The molecule has 0 spiro atoms. The lowest BCUT2D eigenvalue weighted by molar-refractivity contribution is -0.127. The molecule has 1 aliphatic carbocycles. The minimum atomic E-state index is -0.315. The van der Waals surface area contributed by atoms with Gasteiger partial charge in [0.15, 0.2) is 5.69 Å². The van der Waals surface area contributed by atoms with E-state index in [1.165, 1.54) is 0 Å². The first-order valence-electron chi connectivity index (χ1n) is 8.59. The molecule has 2 amide bonds. The molecule has 7 nitrogen and oxygen atoms in total. The molecule has 0 unspecified atom stereocenters. The molecule has 25 heavy (non-hydrogen) atoms. The lowest BCUT2D eigenvalue weighted by Gasteiger charge is -2.25.